The minimum Gasteiger partial charge on any atom is -0.490 e. The van der Waals surface area contributed by atoms with Gasteiger partial charge >= 0.3 is 0 Å². The Labute approximate surface area is 77.2 Å². The Balaban J connectivity index is 1.72. The van der Waals surface area contributed by atoms with Crippen molar-refractivity contribution in [3.63, 3.8) is 0 Å². The van der Waals surface area contributed by atoms with Gasteiger partial charge in [0.05, 0.1) is 19.0 Å². The first-order valence-corrected chi connectivity index (χ1v) is 4.64. The smallest absolute Gasteiger partial charge is 0.156 e. The zero-order valence-electron chi connectivity index (χ0n) is 7.53. The number of nitrogens with zero attached hydrogens (tertiary/aromatic N) is 1. The number of aromatic amines is 1. The van der Waals surface area contributed by atoms with Gasteiger partial charge in [-0.3, -0.25) is 5.10 Å². The third-order valence-electron chi connectivity index (χ3n) is 2.30. The number of ether oxygens (including phenoxy) is 2. The highest BCUT2D eigenvalue weighted by molar-refractivity contribution is 5.09. The summed E-state index contributed by atoms with van der Waals surface area (Å²) < 4.78 is 10.8. The Morgan fingerprint density at radius 3 is 3.08 bits per heavy atom. The molecule has 1 aliphatic heterocycles. The van der Waals surface area contributed by atoms with Gasteiger partial charge in [-0.1, -0.05) is 0 Å². The average Bonchev–Trinajstić information content (AvgIpc) is 2.69. The van der Waals surface area contributed by atoms with E-state index in [1.165, 1.54) is 0 Å². The van der Waals surface area contributed by atoms with Crippen LogP contribution in [0.4, 0.5) is 0 Å². The van der Waals surface area contributed by atoms with Crippen LogP contribution < -0.4 is 4.74 Å². The van der Waals surface area contributed by atoms with Crippen LogP contribution in [-0.4, -0.2) is 30.0 Å². The number of nitrogens with one attached hydrogen (secondary N) is 1. The van der Waals surface area contributed by atoms with E-state index in [1.54, 1.807) is 12.4 Å². The van der Waals surface area contributed by atoms with E-state index in [0.29, 0.717) is 5.92 Å². The Morgan fingerprint density at radius 1 is 1.54 bits per heavy atom. The van der Waals surface area contributed by atoms with E-state index in [9.17, 15) is 0 Å². The van der Waals surface area contributed by atoms with Crippen molar-refractivity contribution in [1.29, 1.82) is 0 Å². The van der Waals surface area contributed by atoms with Gasteiger partial charge in [-0.25, -0.2) is 0 Å². The minimum atomic E-state index is 0.642. The first-order valence-electron chi connectivity index (χ1n) is 4.64. The lowest BCUT2D eigenvalue weighted by Crippen LogP contribution is -2.21. The van der Waals surface area contributed by atoms with E-state index in [-0.39, 0.29) is 0 Å². The normalized spacial score (nSPS) is 18.8. The van der Waals surface area contributed by atoms with Gasteiger partial charge in [-0.05, 0) is 18.8 Å². The standard InChI is InChI=1S/C9H14N2O2/c1-3-12-4-2-8(1)7-13-9-5-10-11-6-9/h5-6,8H,1-4,7H2,(H,10,11). The van der Waals surface area contributed by atoms with E-state index < -0.39 is 0 Å². The molecule has 0 amide bonds. The predicted molar refractivity (Wildman–Crippen MR) is 47.6 cm³/mol. The van der Waals surface area contributed by atoms with Gasteiger partial charge in [-0.15, -0.1) is 0 Å². The van der Waals surface area contributed by atoms with Gasteiger partial charge in [0, 0.05) is 13.2 Å². The van der Waals surface area contributed by atoms with Crippen LogP contribution in [0.25, 0.3) is 0 Å². The van der Waals surface area contributed by atoms with Crippen molar-refractivity contribution in [3.8, 4) is 5.75 Å². The van der Waals surface area contributed by atoms with Gasteiger partial charge in [0.2, 0.25) is 0 Å². The molecule has 13 heavy (non-hydrogen) atoms. The van der Waals surface area contributed by atoms with E-state index in [4.69, 9.17) is 9.47 Å². The van der Waals surface area contributed by atoms with Crippen molar-refractivity contribution < 1.29 is 9.47 Å². The maximum Gasteiger partial charge on any atom is 0.156 e. The van der Waals surface area contributed by atoms with Gasteiger partial charge in [-0.2, -0.15) is 5.10 Å². The first-order chi connectivity index (χ1) is 6.45. The largest absolute Gasteiger partial charge is 0.490 e. The molecule has 0 spiro atoms. The summed E-state index contributed by atoms with van der Waals surface area (Å²) in [6, 6.07) is 0. The Hall–Kier alpha value is -1.03. The maximum atomic E-state index is 5.54. The van der Waals surface area contributed by atoms with Crippen LogP contribution in [0.1, 0.15) is 12.8 Å². The molecule has 0 unspecified atom stereocenters. The molecule has 0 saturated carbocycles. The number of hydrogen-bond acceptors (Lipinski definition) is 3. The van der Waals surface area contributed by atoms with E-state index in [2.05, 4.69) is 10.2 Å². The monoisotopic (exact) mass is 182 g/mol. The van der Waals surface area contributed by atoms with Crippen LogP contribution in [0, 0.1) is 5.92 Å². The summed E-state index contributed by atoms with van der Waals surface area (Å²) in [6.07, 6.45) is 5.67. The molecule has 1 saturated heterocycles. The van der Waals surface area contributed by atoms with E-state index in [1.807, 2.05) is 0 Å². The zero-order valence-corrected chi connectivity index (χ0v) is 7.53. The highest BCUT2D eigenvalue weighted by Crippen LogP contribution is 2.16. The van der Waals surface area contributed by atoms with Crippen LogP contribution in [-0.2, 0) is 4.74 Å². The molecule has 1 N–H and O–H groups in total. The highest BCUT2D eigenvalue weighted by Gasteiger charge is 2.14. The summed E-state index contributed by atoms with van der Waals surface area (Å²) >= 11 is 0. The molecule has 4 nitrogen and oxygen atoms in total. The predicted octanol–water partition coefficient (Wildman–Crippen LogP) is 1.22. The van der Waals surface area contributed by atoms with Crippen molar-refractivity contribution in [1.82, 2.24) is 10.2 Å². The molecule has 72 valence electrons. The van der Waals surface area contributed by atoms with Gasteiger partial charge in [0.15, 0.2) is 5.75 Å². The summed E-state index contributed by atoms with van der Waals surface area (Å²) in [7, 11) is 0. The first kappa shape index (κ1) is 8.56. The van der Waals surface area contributed by atoms with Crippen molar-refractivity contribution in [3.05, 3.63) is 12.4 Å². The lowest BCUT2D eigenvalue weighted by atomic mass is 10.0. The summed E-state index contributed by atoms with van der Waals surface area (Å²) in [5, 5.41) is 6.53. The summed E-state index contributed by atoms with van der Waals surface area (Å²) in [4.78, 5) is 0. The molecular formula is C9H14N2O2. The third kappa shape index (κ3) is 2.45. The quantitative estimate of drug-likeness (QED) is 0.764. The zero-order chi connectivity index (χ0) is 8.93. The average molecular weight is 182 g/mol. The second kappa shape index (κ2) is 4.28. The molecule has 2 heterocycles. The Kier molecular flexibility index (Phi) is 2.82. The summed E-state index contributed by atoms with van der Waals surface area (Å²) in [6.45, 7) is 2.53. The van der Waals surface area contributed by atoms with E-state index >= 15 is 0 Å². The number of rotatable bonds is 3. The van der Waals surface area contributed by atoms with Crippen LogP contribution in [0.3, 0.4) is 0 Å². The molecule has 0 bridgehead atoms. The topological polar surface area (TPSA) is 47.1 Å². The maximum absolute atomic E-state index is 5.54. The number of H-pyrrole nitrogens is 1. The molecule has 0 radical (unpaired) electrons. The second-order valence-electron chi connectivity index (χ2n) is 3.30. The van der Waals surface area contributed by atoms with Crippen molar-refractivity contribution >= 4 is 0 Å². The fraction of sp³-hybridized carbons (Fsp3) is 0.667. The van der Waals surface area contributed by atoms with Crippen LogP contribution in [0.5, 0.6) is 5.75 Å². The molecular weight excluding hydrogens is 168 g/mol. The van der Waals surface area contributed by atoms with Crippen molar-refractivity contribution in [2.75, 3.05) is 19.8 Å². The highest BCUT2D eigenvalue weighted by atomic mass is 16.5. The molecule has 1 fully saturated rings. The molecule has 2 rings (SSSR count). The van der Waals surface area contributed by atoms with Crippen LogP contribution >= 0.6 is 0 Å². The fourth-order valence-electron chi connectivity index (χ4n) is 1.45. The van der Waals surface area contributed by atoms with Crippen LogP contribution in [0.15, 0.2) is 12.4 Å². The number of aromatic nitrogens is 2. The SMILES string of the molecule is c1n[nH]cc1OCC1CCOCC1. The Morgan fingerprint density at radius 2 is 2.38 bits per heavy atom. The Bertz CT molecular complexity index is 230. The van der Waals surface area contributed by atoms with Gasteiger partial charge in [0.25, 0.3) is 0 Å². The third-order valence-corrected chi connectivity index (χ3v) is 2.30. The minimum absolute atomic E-state index is 0.642. The van der Waals surface area contributed by atoms with Gasteiger partial charge < -0.3 is 9.47 Å². The molecule has 1 aliphatic rings. The van der Waals surface area contributed by atoms with Crippen molar-refractivity contribution in [2.45, 2.75) is 12.8 Å². The van der Waals surface area contributed by atoms with Crippen molar-refractivity contribution in [2.24, 2.45) is 5.92 Å². The summed E-state index contributed by atoms with van der Waals surface area (Å²) in [5.74, 6) is 1.47. The molecule has 0 atom stereocenters. The molecule has 4 heteroatoms. The lowest BCUT2D eigenvalue weighted by molar-refractivity contribution is 0.0497. The lowest BCUT2D eigenvalue weighted by Gasteiger charge is -2.21. The van der Waals surface area contributed by atoms with Crippen LogP contribution in [0.2, 0.25) is 0 Å². The molecule has 1 aromatic rings. The molecule has 0 aliphatic carbocycles. The van der Waals surface area contributed by atoms with Gasteiger partial charge in [0.1, 0.15) is 0 Å². The number of hydrogen-bond donors (Lipinski definition) is 1. The van der Waals surface area contributed by atoms with E-state index in [0.717, 1.165) is 38.4 Å². The molecule has 0 aromatic carbocycles. The summed E-state index contributed by atoms with van der Waals surface area (Å²) in [5.41, 5.74) is 0. The molecule has 1 aromatic heterocycles. The fourth-order valence-corrected chi connectivity index (χ4v) is 1.45. The second-order valence-corrected chi connectivity index (χ2v) is 3.30.